The second kappa shape index (κ2) is 3.93. The molecule has 0 saturated carbocycles. The maximum absolute atomic E-state index is 12.4. The van der Waals surface area contributed by atoms with E-state index < -0.39 is 15.7 Å². The van der Waals surface area contributed by atoms with Crippen molar-refractivity contribution in [2.45, 2.75) is 10.1 Å². The number of nitrogens with zero attached hydrogens (tertiary/aromatic N) is 2. The highest BCUT2D eigenvalue weighted by atomic mass is 35.6. The van der Waals surface area contributed by atoms with E-state index >= 15 is 0 Å². The van der Waals surface area contributed by atoms with Crippen LogP contribution in [0, 0.1) is 0 Å². The van der Waals surface area contributed by atoms with Crippen molar-refractivity contribution in [1.82, 2.24) is 9.55 Å². The van der Waals surface area contributed by atoms with Gasteiger partial charge in [-0.1, -0.05) is 34.8 Å². The third-order valence-electron chi connectivity index (χ3n) is 2.15. The van der Waals surface area contributed by atoms with Crippen molar-refractivity contribution in [2.24, 2.45) is 0 Å². The van der Waals surface area contributed by atoms with Crippen molar-refractivity contribution >= 4 is 45.8 Å². The third-order valence-corrected chi connectivity index (χ3v) is 2.69. The first-order valence-corrected chi connectivity index (χ1v) is 5.44. The van der Waals surface area contributed by atoms with Crippen LogP contribution in [-0.2, 0) is 10.1 Å². The molecule has 0 fully saturated rings. The van der Waals surface area contributed by atoms with Gasteiger partial charge in [0.05, 0.1) is 22.9 Å². The first kappa shape index (κ1) is 12.8. The van der Waals surface area contributed by atoms with E-state index in [-0.39, 0.29) is 5.52 Å². The molecule has 1 aromatic carbocycles. The van der Waals surface area contributed by atoms with Gasteiger partial charge in [0.1, 0.15) is 0 Å². The first-order valence-electron chi connectivity index (χ1n) is 4.31. The molecule has 0 unspecified atom stereocenters. The molecule has 0 aliphatic heterocycles. The Morgan fingerprint density at radius 3 is 2.29 bits per heavy atom. The summed E-state index contributed by atoms with van der Waals surface area (Å²) >= 11 is 16.9. The summed E-state index contributed by atoms with van der Waals surface area (Å²) in [6.07, 6.45) is -3.24. The van der Waals surface area contributed by atoms with Crippen LogP contribution in [0.1, 0.15) is 5.56 Å². The molecule has 0 atom stereocenters. The predicted molar refractivity (Wildman–Crippen MR) is 60.3 cm³/mol. The van der Waals surface area contributed by atoms with Gasteiger partial charge in [0.15, 0.2) is 0 Å². The lowest BCUT2D eigenvalue weighted by atomic mass is 10.2. The van der Waals surface area contributed by atoms with Crippen molar-refractivity contribution in [2.75, 3.05) is 0 Å². The normalized spacial score (nSPS) is 13.3. The number of imidazole rings is 1. The van der Waals surface area contributed by atoms with Crippen LogP contribution in [0.4, 0.5) is 13.2 Å². The highest BCUT2D eigenvalue weighted by Crippen LogP contribution is 2.36. The van der Waals surface area contributed by atoms with E-state index in [0.29, 0.717) is 5.52 Å². The molecule has 0 bridgehead atoms. The molecule has 2 nitrogen and oxygen atoms in total. The predicted octanol–water partition coefficient (Wildman–Crippen LogP) is 4.34. The molecule has 2 aromatic rings. The molecule has 1 heterocycles. The summed E-state index contributed by atoms with van der Waals surface area (Å²) in [5.41, 5.74) is -0.358. The van der Waals surface area contributed by atoms with Gasteiger partial charge in [-0.3, -0.25) is 4.57 Å². The van der Waals surface area contributed by atoms with Crippen LogP contribution in [0.25, 0.3) is 11.0 Å². The topological polar surface area (TPSA) is 17.8 Å². The van der Waals surface area contributed by atoms with E-state index in [4.69, 9.17) is 34.8 Å². The van der Waals surface area contributed by atoms with Crippen LogP contribution in [0.2, 0.25) is 0 Å². The fourth-order valence-electron chi connectivity index (χ4n) is 1.39. The van der Waals surface area contributed by atoms with E-state index in [2.05, 4.69) is 4.98 Å². The fraction of sp³-hybridized carbons (Fsp3) is 0.222. The van der Waals surface area contributed by atoms with Crippen LogP contribution in [0.15, 0.2) is 24.5 Å². The number of benzene rings is 1. The van der Waals surface area contributed by atoms with Gasteiger partial charge in [-0.2, -0.15) is 13.2 Å². The molecule has 92 valence electrons. The average Bonchev–Trinajstić information content (AvgIpc) is 2.57. The van der Waals surface area contributed by atoms with Gasteiger partial charge in [0.25, 0.3) is 3.92 Å². The van der Waals surface area contributed by atoms with Crippen LogP contribution in [-0.4, -0.2) is 9.55 Å². The zero-order valence-electron chi connectivity index (χ0n) is 7.97. The summed E-state index contributed by atoms with van der Waals surface area (Å²) in [4.78, 5) is 3.77. The molecule has 2 rings (SSSR count). The van der Waals surface area contributed by atoms with E-state index in [1.54, 1.807) is 0 Å². The molecule has 0 N–H and O–H groups in total. The van der Waals surface area contributed by atoms with Gasteiger partial charge in [-0.25, -0.2) is 4.98 Å². The Morgan fingerprint density at radius 1 is 1.12 bits per heavy atom. The number of hydrogen-bond donors (Lipinski definition) is 0. The molecule has 0 aliphatic rings. The number of fused-ring (bicyclic) bond motifs is 1. The molecule has 8 heteroatoms. The highest BCUT2D eigenvalue weighted by Gasteiger charge is 2.31. The van der Waals surface area contributed by atoms with Gasteiger partial charge in [0.2, 0.25) is 0 Å². The van der Waals surface area contributed by atoms with E-state index in [1.807, 2.05) is 0 Å². The Kier molecular flexibility index (Phi) is 2.96. The summed E-state index contributed by atoms with van der Waals surface area (Å²) < 4.78 is 36.7. The maximum atomic E-state index is 12.4. The molecule has 17 heavy (non-hydrogen) atoms. The summed E-state index contributed by atoms with van der Waals surface area (Å²) in [6, 6.07) is 3.03. The van der Waals surface area contributed by atoms with Gasteiger partial charge in [-0.15, -0.1) is 0 Å². The number of alkyl halides is 6. The second-order valence-electron chi connectivity index (χ2n) is 3.28. The number of halogens is 6. The Hall–Kier alpha value is -0.650. The summed E-state index contributed by atoms with van der Waals surface area (Å²) in [5.74, 6) is 0. The molecule has 0 radical (unpaired) electrons. The van der Waals surface area contributed by atoms with Crippen LogP contribution in [0.3, 0.4) is 0 Å². The highest BCUT2D eigenvalue weighted by molar-refractivity contribution is 6.64. The molecule has 0 spiro atoms. The van der Waals surface area contributed by atoms with Crippen molar-refractivity contribution in [3.8, 4) is 0 Å². The SMILES string of the molecule is FC(F)(F)c1ccc2c(c1)ncn2C(Cl)(Cl)Cl. The van der Waals surface area contributed by atoms with Gasteiger partial charge in [0, 0.05) is 0 Å². The van der Waals surface area contributed by atoms with E-state index in [0.717, 1.165) is 16.7 Å². The molecule has 1 aromatic heterocycles. The first-order chi connectivity index (χ1) is 7.69. The maximum Gasteiger partial charge on any atom is 0.416 e. The zero-order chi connectivity index (χ0) is 12.8. The Balaban J connectivity index is 2.61. The largest absolute Gasteiger partial charge is 0.416 e. The van der Waals surface area contributed by atoms with Crippen LogP contribution in [0.5, 0.6) is 0 Å². The Labute approximate surface area is 109 Å². The second-order valence-corrected chi connectivity index (χ2v) is 5.51. The summed E-state index contributed by atoms with van der Waals surface area (Å²) in [6.45, 7) is 0. The Morgan fingerprint density at radius 2 is 1.76 bits per heavy atom. The van der Waals surface area contributed by atoms with Crippen LogP contribution < -0.4 is 0 Å². The number of hydrogen-bond acceptors (Lipinski definition) is 1. The molecule has 0 aliphatic carbocycles. The standard InChI is InChI=1S/C9H4Cl3F3N2/c10-9(11,12)17-4-16-6-3-5(8(13,14)15)1-2-7(6)17/h1-4H. The number of rotatable bonds is 0. The fourth-order valence-corrected chi connectivity index (χ4v) is 1.80. The monoisotopic (exact) mass is 302 g/mol. The lowest BCUT2D eigenvalue weighted by Gasteiger charge is -2.13. The van der Waals surface area contributed by atoms with Gasteiger partial charge < -0.3 is 0 Å². The molecule has 0 saturated heterocycles. The molecular weight excluding hydrogens is 299 g/mol. The Bertz CT molecular complexity index is 557. The van der Waals surface area contributed by atoms with E-state index in [9.17, 15) is 13.2 Å². The van der Waals surface area contributed by atoms with Crippen molar-refractivity contribution < 1.29 is 13.2 Å². The smallest absolute Gasteiger partial charge is 0.285 e. The van der Waals surface area contributed by atoms with Crippen LogP contribution >= 0.6 is 34.8 Å². The average molecular weight is 303 g/mol. The lowest BCUT2D eigenvalue weighted by Crippen LogP contribution is -2.11. The van der Waals surface area contributed by atoms with Crippen molar-refractivity contribution in [3.05, 3.63) is 30.1 Å². The van der Waals surface area contributed by atoms with Crippen molar-refractivity contribution in [3.63, 3.8) is 0 Å². The quantitative estimate of drug-likeness (QED) is 0.662. The van der Waals surface area contributed by atoms with Crippen molar-refractivity contribution in [1.29, 1.82) is 0 Å². The lowest BCUT2D eigenvalue weighted by molar-refractivity contribution is -0.137. The summed E-state index contributed by atoms with van der Waals surface area (Å²) in [7, 11) is 0. The minimum Gasteiger partial charge on any atom is -0.285 e. The molecular formula is C9H4Cl3F3N2. The zero-order valence-corrected chi connectivity index (χ0v) is 10.2. The minimum absolute atomic E-state index is 0.117. The third kappa shape index (κ3) is 2.46. The van der Waals surface area contributed by atoms with Gasteiger partial charge in [-0.05, 0) is 18.2 Å². The minimum atomic E-state index is -4.42. The van der Waals surface area contributed by atoms with E-state index in [1.165, 1.54) is 12.4 Å². The number of aromatic nitrogens is 2. The molecule has 0 amide bonds. The van der Waals surface area contributed by atoms with Gasteiger partial charge >= 0.3 is 6.18 Å². The summed E-state index contributed by atoms with van der Waals surface area (Å²) in [5, 5.41) is 0.